The standard InChI is InChI=1S/C24H22F2O5/c25-24(26,15-29-17-9-5-2-6-10-17)12-11-18-19-13-22(27)30-21(19)14-20(18)31-23(28)16-7-3-1-4-8-16/h1-12,18-21H,13-15H2. The van der Waals surface area contributed by atoms with E-state index in [0.29, 0.717) is 11.3 Å². The van der Waals surface area contributed by atoms with Crippen LogP contribution >= 0.6 is 0 Å². The van der Waals surface area contributed by atoms with Gasteiger partial charge in [-0.2, -0.15) is 8.78 Å². The lowest BCUT2D eigenvalue weighted by Crippen LogP contribution is -2.27. The van der Waals surface area contributed by atoms with Gasteiger partial charge in [0.1, 0.15) is 18.0 Å². The fourth-order valence-electron chi connectivity index (χ4n) is 4.07. The zero-order valence-electron chi connectivity index (χ0n) is 16.7. The van der Waals surface area contributed by atoms with Gasteiger partial charge >= 0.3 is 11.9 Å². The van der Waals surface area contributed by atoms with Gasteiger partial charge in [0.2, 0.25) is 0 Å². The highest BCUT2D eigenvalue weighted by Gasteiger charge is 2.51. The van der Waals surface area contributed by atoms with Crippen molar-refractivity contribution in [3.63, 3.8) is 0 Å². The van der Waals surface area contributed by atoms with E-state index in [0.717, 1.165) is 6.08 Å². The summed E-state index contributed by atoms with van der Waals surface area (Å²) in [6, 6.07) is 16.8. The van der Waals surface area contributed by atoms with Crippen molar-refractivity contribution >= 4 is 11.9 Å². The molecule has 0 aromatic heterocycles. The van der Waals surface area contributed by atoms with E-state index >= 15 is 0 Å². The molecular formula is C24H22F2O5. The minimum Gasteiger partial charge on any atom is -0.487 e. The molecule has 1 saturated heterocycles. The Morgan fingerprint density at radius 2 is 1.77 bits per heavy atom. The molecular weight excluding hydrogens is 406 g/mol. The quantitative estimate of drug-likeness (QED) is 0.482. The average Bonchev–Trinajstić information content (AvgIpc) is 3.27. The van der Waals surface area contributed by atoms with E-state index in [1.165, 1.54) is 6.08 Å². The Bertz CT molecular complexity index is 945. The first-order chi connectivity index (χ1) is 14.9. The molecule has 1 saturated carbocycles. The second-order valence-electron chi connectivity index (χ2n) is 7.74. The molecule has 0 spiro atoms. The molecule has 0 amide bonds. The van der Waals surface area contributed by atoms with Gasteiger partial charge in [0.05, 0.1) is 12.0 Å². The smallest absolute Gasteiger partial charge is 0.338 e. The number of esters is 2. The van der Waals surface area contributed by atoms with E-state index in [-0.39, 0.29) is 24.7 Å². The Kier molecular flexibility index (Phi) is 6.02. The Morgan fingerprint density at radius 3 is 2.48 bits per heavy atom. The number of carbonyl (C=O) groups is 2. The molecule has 31 heavy (non-hydrogen) atoms. The molecule has 5 nitrogen and oxygen atoms in total. The first kappa shape index (κ1) is 21.0. The van der Waals surface area contributed by atoms with E-state index in [9.17, 15) is 18.4 Å². The fraction of sp³-hybridized carbons (Fsp3) is 0.333. The number of fused-ring (bicyclic) bond motifs is 1. The lowest BCUT2D eigenvalue weighted by molar-refractivity contribution is -0.141. The van der Waals surface area contributed by atoms with Crippen LogP contribution in [0.2, 0.25) is 0 Å². The Labute approximate surface area is 178 Å². The van der Waals surface area contributed by atoms with Crippen LogP contribution in [-0.4, -0.2) is 36.7 Å². The van der Waals surface area contributed by atoms with Gasteiger partial charge in [-0.05, 0) is 30.3 Å². The maximum atomic E-state index is 14.4. The maximum absolute atomic E-state index is 14.4. The molecule has 1 aliphatic heterocycles. The van der Waals surface area contributed by atoms with Crippen LogP contribution in [0, 0.1) is 11.8 Å². The highest BCUT2D eigenvalue weighted by molar-refractivity contribution is 5.89. The van der Waals surface area contributed by atoms with Gasteiger partial charge in [0.25, 0.3) is 5.92 Å². The van der Waals surface area contributed by atoms with Crippen molar-refractivity contribution < 1.29 is 32.6 Å². The van der Waals surface area contributed by atoms with Crippen LogP contribution in [0.5, 0.6) is 5.75 Å². The van der Waals surface area contributed by atoms with Crippen molar-refractivity contribution in [2.75, 3.05) is 6.61 Å². The number of ether oxygens (including phenoxy) is 3. The van der Waals surface area contributed by atoms with Crippen molar-refractivity contribution in [3.05, 3.63) is 78.4 Å². The predicted molar refractivity (Wildman–Crippen MR) is 108 cm³/mol. The summed E-state index contributed by atoms with van der Waals surface area (Å²) < 4.78 is 44.9. The topological polar surface area (TPSA) is 61.8 Å². The number of carbonyl (C=O) groups excluding carboxylic acids is 2. The van der Waals surface area contributed by atoms with Crippen molar-refractivity contribution in [1.29, 1.82) is 0 Å². The molecule has 4 rings (SSSR count). The normalized spacial score (nSPS) is 25.3. The largest absolute Gasteiger partial charge is 0.487 e. The highest BCUT2D eigenvalue weighted by atomic mass is 19.3. The van der Waals surface area contributed by atoms with Gasteiger partial charge < -0.3 is 14.2 Å². The molecule has 2 aromatic rings. The number of benzene rings is 2. The van der Waals surface area contributed by atoms with Gasteiger partial charge in [0, 0.05) is 18.3 Å². The molecule has 1 heterocycles. The molecule has 7 heteroatoms. The Balaban J connectivity index is 1.45. The number of para-hydroxylation sites is 1. The second-order valence-corrected chi connectivity index (χ2v) is 7.74. The van der Waals surface area contributed by atoms with Crippen molar-refractivity contribution in [1.82, 2.24) is 0 Å². The van der Waals surface area contributed by atoms with Crippen LogP contribution in [-0.2, 0) is 14.3 Å². The first-order valence-electron chi connectivity index (χ1n) is 10.1. The van der Waals surface area contributed by atoms with E-state index in [1.54, 1.807) is 60.7 Å². The van der Waals surface area contributed by atoms with Crippen LogP contribution in [0.1, 0.15) is 23.2 Å². The first-order valence-corrected chi connectivity index (χ1v) is 10.1. The van der Waals surface area contributed by atoms with Crippen LogP contribution in [0.3, 0.4) is 0 Å². The Hall–Kier alpha value is -3.22. The van der Waals surface area contributed by atoms with E-state index in [1.807, 2.05) is 0 Å². The summed E-state index contributed by atoms with van der Waals surface area (Å²) >= 11 is 0. The number of hydrogen-bond acceptors (Lipinski definition) is 5. The van der Waals surface area contributed by atoms with Gasteiger partial charge in [-0.1, -0.05) is 42.5 Å². The molecule has 162 valence electrons. The van der Waals surface area contributed by atoms with Crippen LogP contribution in [0.25, 0.3) is 0 Å². The molecule has 2 aliphatic rings. The molecule has 2 fully saturated rings. The number of hydrogen-bond donors (Lipinski definition) is 0. The van der Waals surface area contributed by atoms with Crippen LogP contribution in [0.4, 0.5) is 8.78 Å². The van der Waals surface area contributed by atoms with Gasteiger partial charge in [-0.15, -0.1) is 0 Å². The molecule has 4 atom stereocenters. The summed E-state index contributed by atoms with van der Waals surface area (Å²) in [7, 11) is 0. The lowest BCUT2D eigenvalue weighted by atomic mass is 9.91. The summed E-state index contributed by atoms with van der Waals surface area (Å²) in [5.41, 5.74) is 0.376. The maximum Gasteiger partial charge on any atom is 0.338 e. The SMILES string of the molecule is O=C1CC2C(CC(OC(=O)c3ccccc3)C2C=CC(F)(F)COc2ccccc2)O1. The summed E-state index contributed by atoms with van der Waals surface area (Å²) in [4.78, 5) is 24.2. The van der Waals surface area contributed by atoms with Crippen molar-refractivity contribution in [2.45, 2.75) is 31.0 Å². The fourth-order valence-corrected chi connectivity index (χ4v) is 4.07. The van der Waals surface area contributed by atoms with Crippen molar-refractivity contribution in [2.24, 2.45) is 11.8 Å². The van der Waals surface area contributed by atoms with Gasteiger partial charge in [0.15, 0.2) is 6.61 Å². The summed E-state index contributed by atoms with van der Waals surface area (Å²) in [5, 5.41) is 0. The molecule has 0 bridgehead atoms. The average molecular weight is 428 g/mol. The molecule has 0 N–H and O–H groups in total. The third kappa shape index (κ3) is 5.10. The highest BCUT2D eigenvalue weighted by Crippen LogP contribution is 2.44. The van der Waals surface area contributed by atoms with Crippen LogP contribution < -0.4 is 4.74 Å². The predicted octanol–water partition coefficient (Wildman–Crippen LogP) is 4.43. The van der Waals surface area contributed by atoms with Crippen LogP contribution in [0.15, 0.2) is 72.8 Å². The third-order valence-electron chi connectivity index (χ3n) is 5.56. The lowest BCUT2D eigenvalue weighted by Gasteiger charge is -2.21. The van der Waals surface area contributed by atoms with Gasteiger partial charge in [-0.25, -0.2) is 4.79 Å². The molecule has 2 aromatic carbocycles. The Morgan fingerprint density at radius 1 is 1.10 bits per heavy atom. The van der Waals surface area contributed by atoms with E-state index in [4.69, 9.17) is 14.2 Å². The monoisotopic (exact) mass is 428 g/mol. The van der Waals surface area contributed by atoms with Gasteiger partial charge in [-0.3, -0.25) is 4.79 Å². The third-order valence-corrected chi connectivity index (χ3v) is 5.56. The minimum atomic E-state index is -3.23. The summed E-state index contributed by atoms with van der Waals surface area (Å²) in [5.74, 6) is -4.63. The second kappa shape index (κ2) is 8.88. The zero-order chi connectivity index (χ0) is 21.8. The minimum absolute atomic E-state index is 0.116. The zero-order valence-corrected chi connectivity index (χ0v) is 16.7. The van der Waals surface area contributed by atoms with E-state index < -0.39 is 36.6 Å². The number of rotatable bonds is 7. The molecule has 4 unspecified atom stereocenters. The van der Waals surface area contributed by atoms with E-state index in [2.05, 4.69) is 0 Å². The number of alkyl halides is 2. The molecule has 1 aliphatic carbocycles. The number of halogens is 2. The summed E-state index contributed by atoms with van der Waals surface area (Å²) in [6.07, 6.45) is 1.42. The molecule has 0 radical (unpaired) electrons. The van der Waals surface area contributed by atoms with Crippen molar-refractivity contribution in [3.8, 4) is 5.75 Å². The summed E-state index contributed by atoms with van der Waals surface area (Å²) in [6.45, 7) is -0.821.